The molecule has 0 spiro atoms. The number of carbonyl (C=O) groups is 2. The minimum absolute atomic E-state index is 0.0974. The number of rotatable bonds is 10. The second kappa shape index (κ2) is 17.3. The van der Waals surface area contributed by atoms with Crippen LogP contribution < -0.4 is 42.5 Å². The molecule has 2 amide bonds. The first-order chi connectivity index (χ1) is 28.6. The lowest BCUT2D eigenvalue weighted by molar-refractivity contribution is 0.0865. The van der Waals surface area contributed by atoms with Gasteiger partial charge in [0.25, 0.3) is 11.8 Å². The summed E-state index contributed by atoms with van der Waals surface area (Å²) in [6, 6.07) is 66.7. The molecule has 0 aliphatic heterocycles. The molecule has 8 aromatic carbocycles. The Labute approximate surface area is 342 Å². The molecule has 284 valence electrons. The SMILES string of the molecule is O=C(N[C@@H]1CCCC[C@H]1NC(=O)c1c(P(c2ccccc2)c2ccccc2)ccc2ccccc12)c1c(P(c2ccccc2)c2ccccc2)ccc2ccccc12. The molecule has 6 heteroatoms. The molecule has 1 aliphatic carbocycles. The molecule has 0 unspecified atom stereocenters. The molecular formula is C52H44N2O2P2. The smallest absolute Gasteiger partial charge is 0.252 e. The molecule has 9 rings (SSSR count). The van der Waals surface area contributed by atoms with Gasteiger partial charge in [0.15, 0.2) is 0 Å². The first-order valence-electron chi connectivity index (χ1n) is 20.1. The zero-order valence-electron chi connectivity index (χ0n) is 32.2. The van der Waals surface area contributed by atoms with Gasteiger partial charge in [-0.2, -0.15) is 0 Å². The van der Waals surface area contributed by atoms with E-state index in [2.05, 4.69) is 156 Å². The second-order valence-corrected chi connectivity index (χ2v) is 19.2. The number of nitrogens with one attached hydrogen (secondary N) is 2. The molecule has 58 heavy (non-hydrogen) atoms. The number of amides is 2. The number of hydrogen-bond donors (Lipinski definition) is 2. The third-order valence-corrected chi connectivity index (χ3v) is 16.2. The van der Waals surface area contributed by atoms with E-state index in [1.54, 1.807) is 0 Å². The lowest BCUT2D eigenvalue weighted by Crippen LogP contribution is -2.54. The molecule has 2 atom stereocenters. The lowest BCUT2D eigenvalue weighted by atomic mass is 9.89. The third kappa shape index (κ3) is 7.71. The summed E-state index contributed by atoms with van der Waals surface area (Å²) in [5.41, 5.74) is 1.42. The fourth-order valence-corrected chi connectivity index (χ4v) is 13.4. The van der Waals surface area contributed by atoms with E-state index in [1.807, 2.05) is 48.5 Å². The highest BCUT2D eigenvalue weighted by molar-refractivity contribution is 7.80. The number of carbonyl (C=O) groups excluding carboxylic acids is 2. The molecule has 0 saturated heterocycles. The van der Waals surface area contributed by atoms with Gasteiger partial charge in [0.1, 0.15) is 0 Å². The van der Waals surface area contributed by atoms with Crippen LogP contribution in [0.15, 0.2) is 194 Å². The monoisotopic (exact) mass is 790 g/mol. The molecule has 8 aromatic rings. The third-order valence-electron chi connectivity index (χ3n) is 11.2. The molecule has 2 N–H and O–H groups in total. The Kier molecular flexibility index (Phi) is 11.2. The standard InChI is InChI=1S/C52H44N2O2P2/c55-51(49-43-29-15-13-19-37(43)33-35-47(49)57(39-21-5-1-6-22-39)40-23-7-2-8-24-40)53-45-31-17-18-32-46(45)54-52(56)50-44-30-16-14-20-38(44)34-36-48(50)58(41-25-9-3-10-26-41)42-27-11-4-12-28-42/h1-16,19-30,33-36,45-46H,17-18,31-32H2,(H,53,55)(H,54,56)/t45-,46-/m1/s1. The summed E-state index contributed by atoms with van der Waals surface area (Å²) < 4.78 is 0. The van der Waals surface area contributed by atoms with Gasteiger partial charge >= 0.3 is 0 Å². The molecule has 0 heterocycles. The van der Waals surface area contributed by atoms with Crippen LogP contribution in [-0.2, 0) is 0 Å². The van der Waals surface area contributed by atoms with Crippen LogP contribution in [-0.4, -0.2) is 23.9 Å². The molecule has 1 saturated carbocycles. The van der Waals surface area contributed by atoms with Gasteiger partial charge < -0.3 is 10.6 Å². The maximum Gasteiger partial charge on any atom is 0.252 e. The van der Waals surface area contributed by atoms with Crippen LogP contribution in [0.1, 0.15) is 46.4 Å². The van der Waals surface area contributed by atoms with Crippen LogP contribution >= 0.6 is 15.8 Å². The molecule has 0 radical (unpaired) electrons. The van der Waals surface area contributed by atoms with Crippen molar-refractivity contribution in [2.75, 3.05) is 0 Å². The van der Waals surface area contributed by atoms with Crippen LogP contribution in [0.4, 0.5) is 0 Å². The lowest BCUT2D eigenvalue weighted by Gasteiger charge is -2.34. The molecule has 0 bridgehead atoms. The van der Waals surface area contributed by atoms with E-state index in [4.69, 9.17) is 0 Å². The van der Waals surface area contributed by atoms with Crippen LogP contribution in [0, 0.1) is 0 Å². The van der Waals surface area contributed by atoms with Crippen molar-refractivity contribution in [1.29, 1.82) is 0 Å². The zero-order valence-corrected chi connectivity index (χ0v) is 34.0. The number of fused-ring (bicyclic) bond motifs is 2. The summed E-state index contributed by atoms with van der Waals surface area (Å²) in [6.07, 6.45) is 3.53. The van der Waals surface area contributed by atoms with E-state index in [9.17, 15) is 0 Å². The highest BCUT2D eigenvalue weighted by Crippen LogP contribution is 2.38. The Hall–Kier alpha value is -5.92. The summed E-state index contributed by atoms with van der Waals surface area (Å²) in [4.78, 5) is 30.1. The highest BCUT2D eigenvalue weighted by Gasteiger charge is 2.33. The van der Waals surface area contributed by atoms with Crippen LogP contribution in [0.5, 0.6) is 0 Å². The largest absolute Gasteiger partial charge is 0.347 e. The summed E-state index contributed by atoms with van der Waals surface area (Å²) >= 11 is 0. The van der Waals surface area contributed by atoms with Crippen molar-refractivity contribution < 1.29 is 9.59 Å². The maximum absolute atomic E-state index is 15.0. The minimum Gasteiger partial charge on any atom is -0.347 e. The predicted molar refractivity (Wildman–Crippen MR) is 246 cm³/mol. The summed E-state index contributed by atoms with van der Waals surface area (Å²) in [5.74, 6) is -0.195. The topological polar surface area (TPSA) is 58.2 Å². The van der Waals surface area contributed by atoms with Crippen molar-refractivity contribution in [2.24, 2.45) is 0 Å². The average Bonchev–Trinajstić information content (AvgIpc) is 3.28. The van der Waals surface area contributed by atoms with Gasteiger partial charge in [-0.15, -0.1) is 0 Å². The van der Waals surface area contributed by atoms with Gasteiger partial charge in [0.05, 0.1) is 11.1 Å². The van der Waals surface area contributed by atoms with Crippen molar-refractivity contribution >= 4 is 81.0 Å². The van der Waals surface area contributed by atoms with Crippen molar-refractivity contribution in [3.63, 3.8) is 0 Å². The van der Waals surface area contributed by atoms with E-state index < -0.39 is 15.8 Å². The quantitative estimate of drug-likeness (QED) is 0.136. The fourth-order valence-electron chi connectivity index (χ4n) is 8.49. The normalized spacial score (nSPS) is 15.4. The van der Waals surface area contributed by atoms with Gasteiger partial charge in [-0.1, -0.05) is 207 Å². The van der Waals surface area contributed by atoms with Gasteiger partial charge in [-0.3, -0.25) is 9.59 Å². The van der Waals surface area contributed by atoms with E-state index in [0.29, 0.717) is 11.1 Å². The van der Waals surface area contributed by atoms with E-state index in [0.717, 1.165) is 57.8 Å². The second-order valence-electron chi connectivity index (χ2n) is 14.8. The Morgan fingerprint density at radius 3 is 1.03 bits per heavy atom. The van der Waals surface area contributed by atoms with E-state index in [1.165, 1.54) is 21.2 Å². The maximum atomic E-state index is 15.0. The van der Waals surface area contributed by atoms with Gasteiger partial charge in [0, 0.05) is 12.1 Å². The van der Waals surface area contributed by atoms with Crippen molar-refractivity contribution in [2.45, 2.75) is 37.8 Å². The fraction of sp³-hybridized carbons (Fsp3) is 0.115. The molecule has 1 aliphatic rings. The molecule has 0 aromatic heterocycles. The first-order valence-corrected chi connectivity index (χ1v) is 22.8. The average molecular weight is 791 g/mol. The molecular weight excluding hydrogens is 747 g/mol. The predicted octanol–water partition coefficient (Wildman–Crippen LogP) is 8.98. The highest BCUT2D eigenvalue weighted by atomic mass is 31.1. The summed E-state index contributed by atoms with van der Waals surface area (Å²) in [6.45, 7) is 0. The Morgan fingerprint density at radius 2 is 0.690 bits per heavy atom. The van der Waals surface area contributed by atoms with Crippen LogP contribution in [0.3, 0.4) is 0 Å². The van der Waals surface area contributed by atoms with Crippen molar-refractivity contribution in [3.05, 3.63) is 205 Å². The van der Waals surface area contributed by atoms with E-state index in [-0.39, 0.29) is 23.9 Å². The van der Waals surface area contributed by atoms with Gasteiger partial charge in [0.2, 0.25) is 0 Å². The molecule has 1 fully saturated rings. The van der Waals surface area contributed by atoms with E-state index >= 15 is 9.59 Å². The van der Waals surface area contributed by atoms with Gasteiger partial charge in [-0.25, -0.2) is 0 Å². The summed E-state index contributed by atoms with van der Waals surface area (Å²) in [7, 11) is -2.09. The van der Waals surface area contributed by atoms with Crippen molar-refractivity contribution in [3.8, 4) is 0 Å². The first kappa shape index (κ1) is 37.6. The van der Waals surface area contributed by atoms with Crippen LogP contribution in [0.2, 0.25) is 0 Å². The minimum atomic E-state index is -1.05. The summed E-state index contributed by atoms with van der Waals surface area (Å²) in [5, 5.41) is 17.8. The van der Waals surface area contributed by atoms with Crippen LogP contribution in [0.25, 0.3) is 21.5 Å². The number of benzene rings is 8. The Bertz CT molecular complexity index is 2420. The number of hydrogen-bond acceptors (Lipinski definition) is 2. The Morgan fingerprint density at radius 1 is 0.379 bits per heavy atom. The molecule has 4 nitrogen and oxygen atoms in total. The van der Waals surface area contributed by atoms with Gasteiger partial charge in [-0.05, 0) is 82.1 Å². The van der Waals surface area contributed by atoms with Crippen molar-refractivity contribution in [1.82, 2.24) is 10.6 Å². The Balaban J connectivity index is 1.09. The zero-order chi connectivity index (χ0) is 39.3.